The van der Waals surface area contributed by atoms with E-state index in [1.54, 1.807) is 12.4 Å². The number of aromatic nitrogens is 3. The maximum atomic E-state index is 4.55. The van der Waals surface area contributed by atoms with Gasteiger partial charge in [-0.3, -0.25) is 4.98 Å². The predicted molar refractivity (Wildman–Crippen MR) is 101 cm³/mol. The first-order chi connectivity index (χ1) is 12.4. The van der Waals surface area contributed by atoms with Gasteiger partial charge in [-0.15, -0.1) is 0 Å². The van der Waals surface area contributed by atoms with E-state index >= 15 is 0 Å². The van der Waals surface area contributed by atoms with Gasteiger partial charge in [0.1, 0.15) is 0 Å². The van der Waals surface area contributed by atoms with E-state index in [9.17, 15) is 0 Å². The van der Waals surface area contributed by atoms with Crippen LogP contribution in [0, 0.1) is 0 Å². The molecule has 0 spiro atoms. The Bertz CT molecular complexity index is 834. The van der Waals surface area contributed by atoms with E-state index in [-0.39, 0.29) is 0 Å². The number of rotatable bonds is 6. The second kappa shape index (κ2) is 7.30. The topological polar surface area (TPSA) is 53.9 Å². The molecule has 0 saturated heterocycles. The Hall–Kier alpha value is -2.95. The van der Waals surface area contributed by atoms with Crippen molar-refractivity contribution < 1.29 is 0 Å². The van der Waals surface area contributed by atoms with Crippen LogP contribution in [0.5, 0.6) is 0 Å². The summed E-state index contributed by atoms with van der Waals surface area (Å²) in [4.78, 5) is 15.7. The standard InChI is InChI=1S/C20H21N5/c1-2-8-19-16(6-1)10-15-25(19)14-5-12-22-20-23-13-9-18(24-20)17-7-3-4-11-21-17/h1-4,6-9,11,13H,5,10,12,14-15H2,(H,22,23,24). The van der Waals surface area contributed by atoms with Crippen LogP contribution < -0.4 is 10.2 Å². The largest absolute Gasteiger partial charge is 0.371 e. The van der Waals surface area contributed by atoms with Gasteiger partial charge in [0.25, 0.3) is 0 Å². The molecule has 0 saturated carbocycles. The summed E-state index contributed by atoms with van der Waals surface area (Å²) in [6.07, 6.45) is 5.75. The van der Waals surface area contributed by atoms with Crippen molar-refractivity contribution in [1.29, 1.82) is 0 Å². The molecule has 126 valence electrons. The van der Waals surface area contributed by atoms with Gasteiger partial charge in [-0.05, 0) is 42.7 Å². The number of anilines is 2. The Balaban J connectivity index is 1.31. The van der Waals surface area contributed by atoms with Gasteiger partial charge in [0.15, 0.2) is 0 Å². The molecule has 1 aromatic carbocycles. The number of hydrogen-bond donors (Lipinski definition) is 1. The van der Waals surface area contributed by atoms with Crippen molar-refractivity contribution in [3.05, 3.63) is 66.5 Å². The Kier molecular flexibility index (Phi) is 4.55. The van der Waals surface area contributed by atoms with Crippen LogP contribution in [0.2, 0.25) is 0 Å². The summed E-state index contributed by atoms with van der Waals surface area (Å²) in [6, 6.07) is 16.4. The van der Waals surface area contributed by atoms with Crippen molar-refractivity contribution in [1.82, 2.24) is 15.0 Å². The monoisotopic (exact) mass is 331 g/mol. The predicted octanol–water partition coefficient (Wildman–Crippen LogP) is 3.40. The minimum atomic E-state index is 0.657. The fraction of sp³-hybridized carbons (Fsp3) is 0.250. The van der Waals surface area contributed by atoms with Gasteiger partial charge in [0, 0.05) is 37.7 Å². The zero-order chi connectivity index (χ0) is 16.9. The van der Waals surface area contributed by atoms with E-state index in [0.717, 1.165) is 43.9 Å². The Morgan fingerprint density at radius 2 is 1.84 bits per heavy atom. The molecule has 3 aromatic rings. The van der Waals surface area contributed by atoms with Gasteiger partial charge in [-0.1, -0.05) is 24.3 Å². The number of fused-ring (bicyclic) bond motifs is 1. The highest BCUT2D eigenvalue weighted by Gasteiger charge is 2.17. The van der Waals surface area contributed by atoms with Crippen LogP contribution in [0.3, 0.4) is 0 Å². The number of nitrogens with one attached hydrogen (secondary N) is 1. The number of pyridine rings is 1. The molecule has 0 aliphatic carbocycles. The van der Waals surface area contributed by atoms with Crippen LogP contribution in [-0.2, 0) is 6.42 Å². The van der Waals surface area contributed by atoms with Crippen molar-refractivity contribution in [2.24, 2.45) is 0 Å². The second-order valence-electron chi connectivity index (χ2n) is 6.13. The lowest BCUT2D eigenvalue weighted by atomic mass is 10.2. The van der Waals surface area contributed by atoms with Crippen molar-refractivity contribution >= 4 is 11.6 Å². The minimum Gasteiger partial charge on any atom is -0.371 e. The highest BCUT2D eigenvalue weighted by Crippen LogP contribution is 2.27. The molecule has 0 unspecified atom stereocenters. The molecule has 4 rings (SSSR count). The molecule has 0 atom stereocenters. The van der Waals surface area contributed by atoms with E-state index in [4.69, 9.17) is 0 Å². The zero-order valence-electron chi connectivity index (χ0n) is 14.1. The molecule has 1 N–H and O–H groups in total. The molecule has 3 heterocycles. The summed E-state index contributed by atoms with van der Waals surface area (Å²) in [6.45, 7) is 3.01. The summed E-state index contributed by atoms with van der Waals surface area (Å²) in [5, 5.41) is 3.33. The van der Waals surface area contributed by atoms with Crippen molar-refractivity contribution in [3.8, 4) is 11.4 Å². The van der Waals surface area contributed by atoms with Crippen LogP contribution in [0.15, 0.2) is 60.9 Å². The normalized spacial score (nSPS) is 12.9. The third-order valence-corrected chi connectivity index (χ3v) is 4.45. The molecule has 5 nitrogen and oxygen atoms in total. The third-order valence-electron chi connectivity index (χ3n) is 4.45. The molecule has 2 aromatic heterocycles. The van der Waals surface area contributed by atoms with E-state index in [1.807, 2.05) is 24.3 Å². The summed E-state index contributed by atoms with van der Waals surface area (Å²) < 4.78 is 0. The van der Waals surface area contributed by atoms with Crippen LogP contribution in [-0.4, -0.2) is 34.6 Å². The molecule has 1 aliphatic heterocycles. The molecule has 1 aliphatic rings. The summed E-state index contributed by atoms with van der Waals surface area (Å²) >= 11 is 0. The second-order valence-corrected chi connectivity index (χ2v) is 6.13. The fourth-order valence-electron chi connectivity index (χ4n) is 3.21. The average Bonchev–Trinajstić information content (AvgIpc) is 3.09. The maximum absolute atomic E-state index is 4.55. The Labute approximate surface area is 147 Å². The average molecular weight is 331 g/mol. The molecular weight excluding hydrogens is 310 g/mol. The number of hydrogen-bond acceptors (Lipinski definition) is 5. The van der Waals surface area contributed by atoms with E-state index < -0.39 is 0 Å². The molecular formula is C20H21N5. The highest BCUT2D eigenvalue weighted by atomic mass is 15.2. The SMILES string of the molecule is c1ccc(-c2ccnc(NCCCN3CCc4ccccc43)n2)nc1. The van der Waals surface area contributed by atoms with Crippen LogP contribution >= 0.6 is 0 Å². The lowest BCUT2D eigenvalue weighted by Crippen LogP contribution is -2.23. The lowest BCUT2D eigenvalue weighted by molar-refractivity contribution is 0.770. The summed E-state index contributed by atoms with van der Waals surface area (Å²) in [7, 11) is 0. The lowest BCUT2D eigenvalue weighted by Gasteiger charge is -2.19. The quantitative estimate of drug-likeness (QED) is 0.702. The van der Waals surface area contributed by atoms with Gasteiger partial charge in [0.05, 0.1) is 11.4 Å². The van der Waals surface area contributed by atoms with Crippen molar-refractivity contribution in [2.75, 3.05) is 29.9 Å². The number of nitrogens with zero attached hydrogens (tertiary/aromatic N) is 4. The van der Waals surface area contributed by atoms with Gasteiger partial charge in [0.2, 0.25) is 5.95 Å². The van der Waals surface area contributed by atoms with E-state index in [2.05, 4.69) is 49.4 Å². The highest BCUT2D eigenvalue weighted by molar-refractivity contribution is 5.57. The first-order valence-corrected chi connectivity index (χ1v) is 8.71. The molecule has 5 heteroatoms. The number of para-hydroxylation sites is 1. The van der Waals surface area contributed by atoms with Crippen molar-refractivity contribution in [3.63, 3.8) is 0 Å². The molecule has 0 fully saturated rings. The Morgan fingerprint density at radius 1 is 0.920 bits per heavy atom. The molecule has 25 heavy (non-hydrogen) atoms. The first-order valence-electron chi connectivity index (χ1n) is 8.71. The molecule has 0 bridgehead atoms. The fourth-order valence-corrected chi connectivity index (χ4v) is 3.21. The van der Waals surface area contributed by atoms with E-state index in [0.29, 0.717) is 5.95 Å². The van der Waals surface area contributed by atoms with E-state index in [1.165, 1.54) is 11.3 Å². The first kappa shape index (κ1) is 15.6. The Morgan fingerprint density at radius 3 is 2.76 bits per heavy atom. The summed E-state index contributed by atoms with van der Waals surface area (Å²) in [5.74, 6) is 0.657. The van der Waals surface area contributed by atoms with Gasteiger partial charge >= 0.3 is 0 Å². The molecule has 0 radical (unpaired) electrons. The summed E-state index contributed by atoms with van der Waals surface area (Å²) in [5.41, 5.74) is 4.55. The van der Waals surface area contributed by atoms with Crippen molar-refractivity contribution in [2.45, 2.75) is 12.8 Å². The van der Waals surface area contributed by atoms with Gasteiger partial charge < -0.3 is 10.2 Å². The minimum absolute atomic E-state index is 0.657. The van der Waals surface area contributed by atoms with Crippen LogP contribution in [0.1, 0.15) is 12.0 Å². The maximum Gasteiger partial charge on any atom is 0.223 e. The number of benzene rings is 1. The van der Waals surface area contributed by atoms with Crippen LogP contribution in [0.4, 0.5) is 11.6 Å². The van der Waals surface area contributed by atoms with Gasteiger partial charge in [-0.2, -0.15) is 0 Å². The van der Waals surface area contributed by atoms with Gasteiger partial charge in [-0.25, -0.2) is 9.97 Å². The van der Waals surface area contributed by atoms with Crippen LogP contribution in [0.25, 0.3) is 11.4 Å². The molecule has 0 amide bonds. The third kappa shape index (κ3) is 3.60. The smallest absolute Gasteiger partial charge is 0.223 e. The zero-order valence-corrected chi connectivity index (χ0v) is 14.1.